The molecule has 0 radical (unpaired) electrons. The van der Waals surface area contributed by atoms with E-state index in [0.29, 0.717) is 5.69 Å². The maximum Gasteiger partial charge on any atom is 0.429 e. The van der Waals surface area contributed by atoms with E-state index in [1.54, 1.807) is 38.1 Å². The molecule has 1 amide bonds. The first-order valence-corrected chi connectivity index (χ1v) is 4.66. The Morgan fingerprint density at radius 1 is 1.36 bits per heavy atom. The van der Waals surface area contributed by atoms with Crippen LogP contribution >= 0.6 is 11.8 Å². The minimum atomic E-state index is -0.562. The Morgan fingerprint density at radius 3 is 2.43 bits per heavy atom. The van der Waals surface area contributed by atoms with Gasteiger partial charge in [0.2, 0.25) is 0 Å². The van der Waals surface area contributed by atoms with Crippen LogP contribution in [0.15, 0.2) is 30.3 Å². The standard InChI is InChI=1S/C10H12ClNO2/c1-8(2)14-10(13)12(11)9-6-4-3-5-7-9/h3-8H,1-2H3. The highest BCUT2D eigenvalue weighted by Gasteiger charge is 2.15. The normalized spacial score (nSPS) is 10.0. The zero-order valence-corrected chi connectivity index (χ0v) is 8.86. The van der Waals surface area contributed by atoms with E-state index >= 15 is 0 Å². The van der Waals surface area contributed by atoms with Crippen molar-refractivity contribution >= 4 is 23.6 Å². The second-order valence-electron chi connectivity index (χ2n) is 3.05. The van der Waals surface area contributed by atoms with Gasteiger partial charge in [0.1, 0.15) is 0 Å². The van der Waals surface area contributed by atoms with Gasteiger partial charge in [-0.25, -0.2) is 4.79 Å². The summed E-state index contributed by atoms with van der Waals surface area (Å²) < 4.78 is 5.88. The van der Waals surface area contributed by atoms with Gasteiger partial charge < -0.3 is 4.74 Å². The molecule has 0 fully saturated rings. The lowest BCUT2D eigenvalue weighted by Gasteiger charge is -2.15. The van der Waals surface area contributed by atoms with Gasteiger partial charge >= 0.3 is 6.09 Å². The van der Waals surface area contributed by atoms with Crippen LogP contribution in [0, 0.1) is 0 Å². The Bertz CT molecular complexity index is 300. The molecular formula is C10H12ClNO2. The van der Waals surface area contributed by atoms with Crippen molar-refractivity contribution in [3.8, 4) is 0 Å². The van der Waals surface area contributed by atoms with Crippen molar-refractivity contribution in [3.63, 3.8) is 0 Å². The molecule has 0 aliphatic heterocycles. The summed E-state index contributed by atoms with van der Waals surface area (Å²) in [6.07, 6.45) is -0.736. The first kappa shape index (κ1) is 10.9. The highest BCUT2D eigenvalue weighted by molar-refractivity contribution is 6.35. The number of nitrogens with zero attached hydrogens (tertiary/aromatic N) is 1. The van der Waals surface area contributed by atoms with Crippen LogP contribution < -0.4 is 4.42 Å². The number of hydrogen-bond donors (Lipinski definition) is 0. The van der Waals surface area contributed by atoms with Crippen LogP contribution in [0.3, 0.4) is 0 Å². The minimum Gasteiger partial charge on any atom is -0.446 e. The largest absolute Gasteiger partial charge is 0.446 e. The molecule has 0 atom stereocenters. The Kier molecular flexibility index (Phi) is 3.77. The molecule has 0 N–H and O–H groups in total. The van der Waals surface area contributed by atoms with Gasteiger partial charge in [-0.15, -0.1) is 0 Å². The Hall–Kier alpha value is -1.22. The third kappa shape index (κ3) is 2.92. The molecule has 76 valence electrons. The third-order valence-electron chi connectivity index (χ3n) is 1.48. The highest BCUT2D eigenvalue weighted by Crippen LogP contribution is 2.16. The molecule has 4 heteroatoms. The quantitative estimate of drug-likeness (QED) is 0.707. The zero-order valence-electron chi connectivity index (χ0n) is 8.11. The smallest absolute Gasteiger partial charge is 0.429 e. The van der Waals surface area contributed by atoms with Gasteiger partial charge in [-0.1, -0.05) is 18.2 Å². The van der Waals surface area contributed by atoms with Gasteiger partial charge in [0.15, 0.2) is 0 Å². The van der Waals surface area contributed by atoms with E-state index in [9.17, 15) is 4.79 Å². The van der Waals surface area contributed by atoms with E-state index in [4.69, 9.17) is 16.5 Å². The molecule has 14 heavy (non-hydrogen) atoms. The van der Waals surface area contributed by atoms with Crippen molar-refractivity contribution in [1.82, 2.24) is 0 Å². The number of carbonyl (C=O) groups excluding carboxylic acids is 1. The number of benzene rings is 1. The van der Waals surface area contributed by atoms with Crippen molar-refractivity contribution < 1.29 is 9.53 Å². The topological polar surface area (TPSA) is 29.5 Å². The molecule has 0 bridgehead atoms. The van der Waals surface area contributed by atoms with Crippen molar-refractivity contribution in [2.75, 3.05) is 4.42 Å². The summed E-state index contributed by atoms with van der Waals surface area (Å²) in [7, 11) is 0. The van der Waals surface area contributed by atoms with Crippen molar-refractivity contribution in [2.45, 2.75) is 20.0 Å². The lowest BCUT2D eigenvalue weighted by Crippen LogP contribution is -2.24. The van der Waals surface area contributed by atoms with Gasteiger partial charge in [-0.3, -0.25) is 0 Å². The lowest BCUT2D eigenvalue weighted by atomic mass is 10.3. The second kappa shape index (κ2) is 4.86. The fraction of sp³-hybridized carbons (Fsp3) is 0.300. The van der Waals surface area contributed by atoms with Crippen molar-refractivity contribution in [2.24, 2.45) is 0 Å². The van der Waals surface area contributed by atoms with Gasteiger partial charge in [0.25, 0.3) is 0 Å². The van der Waals surface area contributed by atoms with E-state index in [-0.39, 0.29) is 6.10 Å². The number of amides is 1. The SMILES string of the molecule is CC(C)OC(=O)N(Cl)c1ccccc1. The monoisotopic (exact) mass is 213 g/mol. The van der Waals surface area contributed by atoms with Gasteiger partial charge in [0, 0.05) is 11.8 Å². The average molecular weight is 214 g/mol. The average Bonchev–Trinajstić information content (AvgIpc) is 2.17. The zero-order chi connectivity index (χ0) is 10.6. The molecule has 1 aromatic carbocycles. The molecule has 0 spiro atoms. The summed E-state index contributed by atoms with van der Waals surface area (Å²) in [5, 5.41) is 0. The van der Waals surface area contributed by atoms with E-state index < -0.39 is 6.09 Å². The number of carbonyl (C=O) groups is 1. The number of hydrogen-bond acceptors (Lipinski definition) is 2. The predicted octanol–water partition coefficient (Wildman–Crippen LogP) is 3.19. The number of ether oxygens (including phenoxy) is 1. The Labute approximate surface area is 88.3 Å². The van der Waals surface area contributed by atoms with Gasteiger partial charge in [0.05, 0.1) is 11.8 Å². The maximum atomic E-state index is 11.3. The molecule has 1 rings (SSSR count). The van der Waals surface area contributed by atoms with E-state index in [1.165, 1.54) is 0 Å². The van der Waals surface area contributed by atoms with E-state index in [2.05, 4.69) is 0 Å². The summed E-state index contributed by atoms with van der Waals surface area (Å²) in [5.41, 5.74) is 0.597. The van der Waals surface area contributed by atoms with Gasteiger partial charge in [-0.05, 0) is 26.0 Å². The summed E-state index contributed by atoms with van der Waals surface area (Å²) in [6, 6.07) is 8.91. The first-order valence-electron chi connectivity index (χ1n) is 4.33. The second-order valence-corrected chi connectivity index (χ2v) is 3.39. The maximum absolute atomic E-state index is 11.3. The minimum absolute atomic E-state index is 0.174. The van der Waals surface area contributed by atoms with Crippen LogP contribution in [0.4, 0.5) is 10.5 Å². The number of para-hydroxylation sites is 1. The molecule has 0 unspecified atom stereocenters. The van der Waals surface area contributed by atoms with Crippen LogP contribution in [0.25, 0.3) is 0 Å². The van der Waals surface area contributed by atoms with E-state index in [1.807, 2.05) is 6.07 Å². The summed E-state index contributed by atoms with van der Waals surface area (Å²) in [4.78, 5) is 11.3. The fourth-order valence-corrected chi connectivity index (χ4v) is 1.06. The number of rotatable bonds is 2. The third-order valence-corrected chi connectivity index (χ3v) is 1.81. The Balaban J connectivity index is 2.66. The first-order chi connectivity index (χ1) is 6.61. The molecule has 0 saturated heterocycles. The molecule has 1 aromatic rings. The van der Waals surface area contributed by atoms with Crippen LogP contribution in [0.5, 0.6) is 0 Å². The van der Waals surface area contributed by atoms with E-state index in [0.717, 1.165) is 4.42 Å². The molecular weight excluding hydrogens is 202 g/mol. The molecule has 3 nitrogen and oxygen atoms in total. The Morgan fingerprint density at radius 2 is 1.93 bits per heavy atom. The summed E-state index contributed by atoms with van der Waals surface area (Å²) >= 11 is 5.76. The molecule has 0 saturated carbocycles. The van der Waals surface area contributed by atoms with Crippen LogP contribution in [0.2, 0.25) is 0 Å². The molecule has 0 aliphatic rings. The summed E-state index contributed by atoms with van der Waals surface area (Å²) in [5.74, 6) is 0. The molecule has 0 aliphatic carbocycles. The lowest BCUT2D eigenvalue weighted by molar-refractivity contribution is 0.126. The molecule has 0 heterocycles. The van der Waals surface area contributed by atoms with Crippen LogP contribution in [0.1, 0.15) is 13.8 Å². The van der Waals surface area contributed by atoms with Crippen LogP contribution in [-0.4, -0.2) is 12.2 Å². The number of anilines is 1. The predicted molar refractivity (Wildman–Crippen MR) is 56.4 cm³/mol. The highest BCUT2D eigenvalue weighted by atomic mass is 35.5. The van der Waals surface area contributed by atoms with Crippen LogP contribution in [-0.2, 0) is 4.74 Å². The number of halogens is 1. The van der Waals surface area contributed by atoms with Gasteiger partial charge in [-0.2, -0.15) is 4.42 Å². The fourth-order valence-electron chi connectivity index (χ4n) is 0.912. The summed E-state index contributed by atoms with van der Waals surface area (Å²) in [6.45, 7) is 3.54. The molecule has 0 aromatic heterocycles. The van der Waals surface area contributed by atoms with Crippen molar-refractivity contribution in [3.05, 3.63) is 30.3 Å². The van der Waals surface area contributed by atoms with Crippen molar-refractivity contribution in [1.29, 1.82) is 0 Å².